The lowest BCUT2D eigenvalue weighted by molar-refractivity contribution is -0.135. The van der Waals surface area contributed by atoms with Crippen molar-refractivity contribution in [3.63, 3.8) is 0 Å². The summed E-state index contributed by atoms with van der Waals surface area (Å²) < 4.78 is 21.6. The number of carbonyl (C=O) groups is 3. The predicted molar refractivity (Wildman–Crippen MR) is 98.5 cm³/mol. The van der Waals surface area contributed by atoms with E-state index in [9.17, 15) is 14.4 Å². The van der Waals surface area contributed by atoms with Gasteiger partial charge in [-0.25, -0.2) is 0 Å². The Morgan fingerprint density at radius 3 is 2.04 bits per heavy atom. The van der Waals surface area contributed by atoms with Crippen LogP contribution in [-0.4, -0.2) is 17.9 Å². The second-order valence-corrected chi connectivity index (χ2v) is 6.38. The minimum atomic E-state index is -0.641. The molecule has 0 fully saturated rings. The van der Waals surface area contributed by atoms with Crippen molar-refractivity contribution in [1.29, 1.82) is 0 Å². The molecule has 0 spiro atoms. The first-order valence-corrected chi connectivity index (χ1v) is 8.81. The third-order valence-corrected chi connectivity index (χ3v) is 4.09. The van der Waals surface area contributed by atoms with Crippen molar-refractivity contribution in [2.24, 2.45) is 0 Å². The van der Waals surface area contributed by atoms with Crippen molar-refractivity contribution in [3.05, 3.63) is 47.5 Å². The maximum atomic E-state index is 11.5. The topological polar surface area (TPSA) is 88.1 Å². The first kappa shape index (κ1) is 19.4. The first-order valence-electron chi connectivity index (χ1n) is 8.81. The number of ether oxygens (including phenoxy) is 4. The molecular formula is C21H20O7. The van der Waals surface area contributed by atoms with Gasteiger partial charge in [0.2, 0.25) is 5.75 Å². The van der Waals surface area contributed by atoms with Crippen LogP contribution in [0.3, 0.4) is 0 Å². The van der Waals surface area contributed by atoms with Gasteiger partial charge in [0, 0.05) is 26.3 Å². The lowest BCUT2D eigenvalue weighted by atomic mass is 9.97. The molecule has 2 aromatic carbocycles. The molecule has 0 saturated carbocycles. The summed E-state index contributed by atoms with van der Waals surface area (Å²) in [7, 11) is 0. The van der Waals surface area contributed by atoms with Gasteiger partial charge >= 0.3 is 17.9 Å². The second-order valence-electron chi connectivity index (χ2n) is 6.38. The number of hydrogen-bond acceptors (Lipinski definition) is 7. The van der Waals surface area contributed by atoms with E-state index in [0.717, 1.165) is 17.7 Å². The smallest absolute Gasteiger partial charge is 0.308 e. The molecule has 1 unspecified atom stereocenters. The van der Waals surface area contributed by atoms with Crippen LogP contribution < -0.4 is 18.9 Å². The monoisotopic (exact) mass is 384 g/mol. The largest absolute Gasteiger partial charge is 0.485 e. The van der Waals surface area contributed by atoms with E-state index in [4.69, 9.17) is 18.9 Å². The molecule has 7 heteroatoms. The summed E-state index contributed by atoms with van der Waals surface area (Å²) in [5.74, 6) is -1.23. The Hall–Kier alpha value is -3.35. The van der Waals surface area contributed by atoms with E-state index in [-0.39, 0.29) is 23.4 Å². The number of esters is 3. The van der Waals surface area contributed by atoms with E-state index in [0.29, 0.717) is 12.0 Å². The van der Waals surface area contributed by atoms with Gasteiger partial charge in [-0.3, -0.25) is 14.4 Å². The molecule has 0 aromatic heterocycles. The zero-order valence-corrected chi connectivity index (χ0v) is 15.8. The van der Waals surface area contributed by atoms with Crippen LogP contribution in [0.2, 0.25) is 0 Å². The number of rotatable bonds is 4. The maximum absolute atomic E-state index is 11.5. The van der Waals surface area contributed by atoms with Gasteiger partial charge in [0.1, 0.15) is 11.9 Å². The molecule has 2 aromatic rings. The number of fused-ring (bicyclic) bond motifs is 1. The van der Waals surface area contributed by atoms with Crippen LogP contribution in [-0.2, 0) is 20.8 Å². The molecule has 0 aliphatic carbocycles. The quantitative estimate of drug-likeness (QED) is 0.588. The Bertz CT molecular complexity index is 895. The lowest BCUT2D eigenvalue weighted by Gasteiger charge is -2.27. The zero-order valence-electron chi connectivity index (χ0n) is 15.8. The lowest BCUT2D eigenvalue weighted by Crippen LogP contribution is -2.17. The summed E-state index contributed by atoms with van der Waals surface area (Å²) in [6.07, 6.45) is 1.14. The van der Waals surface area contributed by atoms with Gasteiger partial charge in [-0.05, 0) is 36.6 Å². The fourth-order valence-corrected chi connectivity index (χ4v) is 3.05. The van der Waals surface area contributed by atoms with Crippen molar-refractivity contribution in [1.82, 2.24) is 0 Å². The van der Waals surface area contributed by atoms with Crippen molar-refractivity contribution in [2.45, 2.75) is 39.7 Å². The number of aryl methyl sites for hydroxylation is 1. The predicted octanol–water partition coefficient (Wildman–Crippen LogP) is 3.53. The number of para-hydroxylation sites is 1. The minimum Gasteiger partial charge on any atom is -0.485 e. The molecule has 0 amide bonds. The maximum Gasteiger partial charge on any atom is 0.308 e. The highest BCUT2D eigenvalue weighted by molar-refractivity contribution is 5.78. The second kappa shape index (κ2) is 8.12. The number of carbonyl (C=O) groups excluding carboxylic acids is 3. The Morgan fingerprint density at radius 2 is 1.46 bits per heavy atom. The molecule has 0 N–H and O–H groups in total. The van der Waals surface area contributed by atoms with Gasteiger partial charge < -0.3 is 18.9 Å². The highest BCUT2D eigenvalue weighted by atomic mass is 16.6. The third-order valence-electron chi connectivity index (χ3n) is 4.09. The highest BCUT2D eigenvalue weighted by Crippen LogP contribution is 2.43. The molecule has 3 rings (SSSR count). The van der Waals surface area contributed by atoms with E-state index in [1.165, 1.54) is 20.8 Å². The first-order chi connectivity index (χ1) is 13.3. The van der Waals surface area contributed by atoms with E-state index < -0.39 is 17.9 Å². The SMILES string of the molecule is CC(=O)Oc1cc(C2CCc3ccccc3O2)cc(OC(C)=O)c1OC(C)=O. The molecule has 146 valence electrons. The molecule has 0 bridgehead atoms. The molecule has 1 aliphatic rings. The molecule has 7 nitrogen and oxygen atoms in total. The summed E-state index contributed by atoms with van der Waals surface area (Å²) in [5, 5.41) is 0. The van der Waals surface area contributed by atoms with E-state index in [1.807, 2.05) is 24.3 Å². The highest BCUT2D eigenvalue weighted by Gasteiger charge is 2.26. The van der Waals surface area contributed by atoms with Gasteiger partial charge in [-0.15, -0.1) is 0 Å². The summed E-state index contributed by atoms with van der Waals surface area (Å²) in [6, 6.07) is 10.8. The normalized spacial score (nSPS) is 15.0. The number of hydrogen-bond donors (Lipinski definition) is 0. The van der Waals surface area contributed by atoms with Gasteiger partial charge in [-0.1, -0.05) is 18.2 Å². The van der Waals surface area contributed by atoms with Crippen LogP contribution in [0.15, 0.2) is 36.4 Å². The van der Waals surface area contributed by atoms with Gasteiger partial charge in [-0.2, -0.15) is 0 Å². The summed E-state index contributed by atoms with van der Waals surface area (Å²) in [4.78, 5) is 34.6. The molecule has 1 atom stereocenters. The van der Waals surface area contributed by atoms with Crippen LogP contribution >= 0.6 is 0 Å². The summed E-state index contributed by atoms with van der Waals surface area (Å²) in [5.41, 5.74) is 1.74. The molecule has 1 aliphatic heterocycles. The molecular weight excluding hydrogens is 364 g/mol. The van der Waals surface area contributed by atoms with Crippen molar-refractivity contribution in [2.75, 3.05) is 0 Å². The molecule has 1 heterocycles. The van der Waals surface area contributed by atoms with Crippen LogP contribution in [0.4, 0.5) is 0 Å². The third kappa shape index (κ3) is 4.49. The average molecular weight is 384 g/mol. The van der Waals surface area contributed by atoms with Crippen molar-refractivity contribution >= 4 is 17.9 Å². The van der Waals surface area contributed by atoms with E-state index >= 15 is 0 Å². The Balaban J connectivity index is 2.04. The standard InChI is InChI=1S/C21H20O7/c1-12(22)25-19-10-16(11-20(26-13(2)23)21(19)27-14(3)24)18-9-8-15-6-4-5-7-17(15)28-18/h4-7,10-11,18H,8-9H2,1-3H3. The molecule has 0 radical (unpaired) electrons. The van der Waals surface area contributed by atoms with Crippen molar-refractivity contribution < 1.29 is 33.3 Å². The Labute approximate surface area is 162 Å². The van der Waals surface area contributed by atoms with E-state index in [2.05, 4.69) is 0 Å². The summed E-state index contributed by atoms with van der Waals surface area (Å²) in [6.45, 7) is 3.65. The fraction of sp³-hybridized carbons (Fsp3) is 0.286. The van der Waals surface area contributed by atoms with Crippen LogP contribution in [0.1, 0.15) is 44.4 Å². The fourth-order valence-electron chi connectivity index (χ4n) is 3.05. The van der Waals surface area contributed by atoms with Gasteiger partial charge in [0.15, 0.2) is 11.5 Å². The van der Waals surface area contributed by atoms with Crippen molar-refractivity contribution in [3.8, 4) is 23.0 Å². The average Bonchev–Trinajstić information content (AvgIpc) is 2.62. The summed E-state index contributed by atoms with van der Waals surface area (Å²) >= 11 is 0. The zero-order chi connectivity index (χ0) is 20.3. The van der Waals surface area contributed by atoms with Gasteiger partial charge in [0.25, 0.3) is 0 Å². The molecule has 28 heavy (non-hydrogen) atoms. The number of benzene rings is 2. The Morgan fingerprint density at radius 1 is 0.893 bits per heavy atom. The minimum absolute atomic E-state index is 0.0149. The van der Waals surface area contributed by atoms with Gasteiger partial charge in [0.05, 0.1) is 0 Å². The van der Waals surface area contributed by atoms with Crippen LogP contribution in [0.5, 0.6) is 23.0 Å². The van der Waals surface area contributed by atoms with Crippen LogP contribution in [0.25, 0.3) is 0 Å². The van der Waals surface area contributed by atoms with Crippen LogP contribution in [0, 0.1) is 0 Å². The Kier molecular flexibility index (Phi) is 5.63. The molecule has 0 saturated heterocycles. The van der Waals surface area contributed by atoms with E-state index in [1.54, 1.807) is 12.1 Å².